The second-order valence-electron chi connectivity index (χ2n) is 12.7. The summed E-state index contributed by atoms with van der Waals surface area (Å²) in [5, 5.41) is 86.9. The van der Waals surface area contributed by atoms with E-state index < -0.39 is 80.0 Å². The van der Waals surface area contributed by atoms with Gasteiger partial charge in [-0.1, -0.05) is 52.4 Å². The first-order valence-electron chi connectivity index (χ1n) is 16.8. The lowest BCUT2D eigenvalue weighted by molar-refractivity contribution is -0.317. The Balaban J connectivity index is 2.31. The van der Waals surface area contributed by atoms with Gasteiger partial charge in [0.2, 0.25) is 11.8 Å². The van der Waals surface area contributed by atoms with E-state index in [2.05, 4.69) is 24.5 Å². The first-order valence-corrected chi connectivity index (χ1v) is 16.8. The minimum absolute atomic E-state index is 0.148. The van der Waals surface area contributed by atoms with Crippen LogP contribution < -0.4 is 10.6 Å². The highest BCUT2D eigenvalue weighted by atomic mass is 16.7. The molecule has 10 unspecified atom stereocenters. The summed E-state index contributed by atoms with van der Waals surface area (Å²) in [6.45, 7) is 1.67. The molecule has 2 saturated heterocycles. The first-order chi connectivity index (χ1) is 22.4. The van der Waals surface area contributed by atoms with E-state index in [-0.39, 0.29) is 51.0 Å². The predicted molar refractivity (Wildman–Crippen MR) is 165 cm³/mol. The highest BCUT2D eigenvalue weighted by molar-refractivity contribution is 5.76. The molecule has 2 fully saturated rings. The summed E-state index contributed by atoms with van der Waals surface area (Å²) in [6.07, 6.45) is -8.22. The van der Waals surface area contributed by atoms with Gasteiger partial charge in [-0.2, -0.15) is 0 Å². The Kier molecular flexibility index (Phi) is 19.1. The van der Waals surface area contributed by atoms with Gasteiger partial charge >= 0.3 is 0 Å². The molecule has 0 radical (unpaired) electrons. The second-order valence-corrected chi connectivity index (χ2v) is 12.7. The van der Waals surface area contributed by atoms with Crippen LogP contribution in [0.2, 0.25) is 0 Å². The Morgan fingerprint density at radius 3 is 1.32 bits per heavy atom. The van der Waals surface area contributed by atoms with E-state index in [0.29, 0.717) is 12.8 Å². The highest BCUT2D eigenvalue weighted by Gasteiger charge is 2.47. The van der Waals surface area contributed by atoms with Gasteiger partial charge in [0.15, 0.2) is 12.6 Å². The minimum Gasteiger partial charge on any atom is -0.394 e. The average molecular weight is 683 g/mol. The number of rotatable bonds is 22. The van der Waals surface area contributed by atoms with Gasteiger partial charge in [0.05, 0.1) is 31.8 Å². The van der Waals surface area contributed by atoms with Crippen molar-refractivity contribution in [2.45, 2.75) is 139 Å². The van der Waals surface area contributed by atoms with Crippen LogP contribution in [0.5, 0.6) is 0 Å². The number of ether oxygens (including phenoxy) is 4. The molecule has 0 aromatic rings. The van der Waals surface area contributed by atoms with Crippen molar-refractivity contribution in [2.75, 3.05) is 39.5 Å². The molecule has 10 N–H and O–H groups in total. The van der Waals surface area contributed by atoms with Gasteiger partial charge in [-0.15, -0.1) is 0 Å². The van der Waals surface area contributed by atoms with E-state index in [1.54, 1.807) is 0 Å². The molecule has 16 nitrogen and oxygen atoms in total. The van der Waals surface area contributed by atoms with Gasteiger partial charge in [0.1, 0.15) is 48.8 Å². The number of carbonyl (C=O) groups is 2. The second kappa shape index (κ2) is 21.5. The Bertz CT molecular complexity index is 826. The van der Waals surface area contributed by atoms with E-state index in [0.717, 1.165) is 38.5 Å². The molecule has 2 amide bonds. The molecule has 2 aliphatic rings. The van der Waals surface area contributed by atoms with Gasteiger partial charge < -0.3 is 70.4 Å². The first kappa shape index (κ1) is 41.6. The lowest BCUT2D eigenvalue weighted by Crippen LogP contribution is -2.61. The normalized spacial score (nSPS) is 31.4. The maximum absolute atomic E-state index is 12.8. The van der Waals surface area contributed by atoms with Crippen LogP contribution in [0.1, 0.15) is 78.1 Å². The number of hydrogen-bond donors (Lipinski definition) is 10. The van der Waals surface area contributed by atoms with Crippen molar-refractivity contribution in [1.82, 2.24) is 10.6 Å². The molecule has 0 aromatic carbocycles. The maximum atomic E-state index is 12.8. The van der Waals surface area contributed by atoms with Gasteiger partial charge in [0, 0.05) is 25.9 Å². The largest absolute Gasteiger partial charge is 0.394 e. The quantitative estimate of drug-likeness (QED) is 0.0543. The van der Waals surface area contributed by atoms with E-state index >= 15 is 0 Å². The molecule has 0 aliphatic carbocycles. The molecule has 16 heteroatoms. The van der Waals surface area contributed by atoms with Gasteiger partial charge in [-0.25, -0.2) is 0 Å². The molecule has 0 bridgehead atoms. The molecule has 0 aromatic heterocycles. The lowest BCUT2D eigenvalue weighted by atomic mass is 9.88. The highest BCUT2D eigenvalue weighted by Crippen LogP contribution is 2.28. The van der Waals surface area contributed by atoms with E-state index in [9.17, 15) is 50.4 Å². The van der Waals surface area contributed by atoms with E-state index in [1.807, 2.05) is 0 Å². The Morgan fingerprint density at radius 2 is 0.979 bits per heavy atom. The van der Waals surface area contributed by atoms with E-state index in [1.165, 1.54) is 0 Å². The number of hydrogen-bond acceptors (Lipinski definition) is 14. The molecule has 47 heavy (non-hydrogen) atoms. The zero-order chi connectivity index (χ0) is 35.0. The summed E-state index contributed by atoms with van der Waals surface area (Å²) in [5.41, 5.74) is -1.34. The molecule has 0 spiro atoms. The van der Waals surface area contributed by atoms with Crippen LogP contribution >= 0.6 is 0 Å². The predicted octanol–water partition coefficient (Wildman–Crippen LogP) is -2.22. The third kappa shape index (κ3) is 13.0. The van der Waals surface area contributed by atoms with Crippen molar-refractivity contribution in [3.05, 3.63) is 0 Å². The van der Waals surface area contributed by atoms with Crippen molar-refractivity contribution in [3.8, 4) is 0 Å². The summed E-state index contributed by atoms with van der Waals surface area (Å²) in [5.74, 6) is -0.561. The fourth-order valence-electron chi connectivity index (χ4n) is 5.41. The summed E-state index contributed by atoms with van der Waals surface area (Å²) in [6, 6.07) is 0. The topological polar surface area (TPSA) is 257 Å². The fraction of sp³-hybridized carbons (Fsp3) is 0.935. The van der Waals surface area contributed by atoms with E-state index in [4.69, 9.17) is 18.9 Å². The maximum Gasteiger partial charge on any atom is 0.220 e. The number of unbranched alkanes of at least 4 members (excludes halogenated alkanes) is 6. The lowest BCUT2D eigenvalue weighted by Gasteiger charge is -2.43. The van der Waals surface area contributed by atoms with Crippen LogP contribution in [0.15, 0.2) is 0 Å². The smallest absolute Gasteiger partial charge is 0.220 e. The molecule has 2 heterocycles. The number of amides is 2. The molecule has 0 saturated carbocycles. The molecule has 2 aliphatic heterocycles. The summed E-state index contributed by atoms with van der Waals surface area (Å²) in [7, 11) is 0. The third-order valence-corrected chi connectivity index (χ3v) is 8.64. The molecule has 276 valence electrons. The standard InChI is InChI=1S/C31H58N2O14/c1-3-5-7-9-11-21(36)32-15-31(16-33-22(37)12-10-8-6-4-2,17-44-29-27(42)25(40)23(38)19(13-34)46-29)18-45-30-28(43)26(41)24(39)20(14-35)47-30/h19-20,23-30,34-35,38-43H,3-18H2,1-2H3,(H,32,36)(H,33,37). The number of nitrogens with one attached hydrogen (secondary N) is 2. The zero-order valence-electron chi connectivity index (χ0n) is 27.6. The Hall–Kier alpha value is -1.54. The van der Waals surface area contributed by atoms with Crippen LogP contribution in [0.4, 0.5) is 0 Å². The van der Waals surface area contributed by atoms with Crippen LogP contribution in [0.3, 0.4) is 0 Å². The van der Waals surface area contributed by atoms with Crippen molar-refractivity contribution in [1.29, 1.82) is 0 Å². The zero-order valence-corrected chi connectivity index (χ0v) is 27.6. The van der Waals surface area contributed by atoms with Gasteiger partial charge in [0.25, 0.3) is 0 Å². The third-order valence-electron chi connectivity index (χ3n) is 8.64. The Morgan fingerprint density at radius 1 is 0.596 bits per heavy atom. The number of aliphatic hydroxyl groups excluding tert-OH is 8. The van der Waals surface area contributed by atoms with Crippen molar-refractivity contribution in [2.24, 2.45) is 5.41 Å². The van der Waals surface area contributed by atoms with Gasteiger partial charge in [-0.05, 0) is 12.8 Å². The molecule has 10 atom stereocenters. The summed E-state index contributed by atoms with van der Waals surface area (Å²) < 4.78 is 22.7. The number of aliphatic hydroxyl groups is 8. The van der Waals surface area contributed by atoms with Crippen LogP contribution in [-0.2, 0) is 28.5 Å². The van der Waals surface area contributed by atoms with Crippen molar-refractivity contribution < 1.29 is 69.4 Å². The minimum atomic E-state index is -1.72. The summed E-state index contributed by atoms with van der Waals surface area (Å²) >= 11 is 0. The molecular weight excluding hydrogens is 624 g/mol. The molecular formula is C31H58N2O14. The monoisotopic (exact) mass is 682 g/mol. The fourth-order valence-corrected chi connectivity index (χ4v) is 5.41. The molecule has 2 rings (SSSR count). The SMILES string of the molecule is CCCCCCC(=O)NCC(CNC(=O)CCCCCC)(COC1OC(CO)C(O)C(O)C1O)COC1OC(CO)C(O)C(O)C1O. The summed E-state index contributed by atoms with van der Waals surface area (Å²) in [4.78, 5) is 25.7. The van der Waals surface area contributed by atoms with Crippen LogP contribution in [0, 0.1) is 5.41 Å². The number of carbonyl (C=O) groups excluding carboxylic acids is 2. The van der Waals surface area contributed by atoms with Crippen molar-refractivity contribution in [3.63, 3.8) is 0 Å². The Labute approximate surface area is 276 Å². The average Bonchev–Trinajstić information content (AvgIpc) is 3.07. The van der Waals surface area contributed by atoms with Crippen molar-refractivity contribution >= 4 is 11.8 Å². The van der Waals surface area contributed by atoms with Crippen LogP contribution in [-0.4, -0.2) is 154 Å². The van der Waals surface area contributed by atoms with Gasteiger partial charge in [-0.3, -0.25) is 9.59 Å². The van der Waals surface area contributed by atoms with Crippen LogP contribution in [0.25, 0.3) is 0 Å².